The number of para-hydroxylation sites is 1. The third kappa shape index (κ3) is 2.06. The summed E-state index contributed by atoms with van der Waals surface area (Å²) in [6.45, 7) is 3.92. The van der Waals surface area contributed by atoms with Gasteiger partial charge in [0.2, 0.25) is 0 Å². The second kappa shape index (κ2) is 4.78. The minimum absolute atomic E-state index is 0.361. The SMILES string of the molecule is C[C@H]1CCCC[NH+]1CN1C(=O)C(=O)c2ccccc21. The van der Waals surface area contributed by atoms with E-state index >= 15 is 0 Å². The molecule has 1 aromatic carbocycles. The molecule has 1 aromatic rings. The van der Waals surface area contributed by atoms with E-state index < -0.39 is 0 Å². The Hall–Kier alpha value is -1.68. The Bertz CT molecular complexity index is 527. The van der Waals surface area contributed by atoms with E-state index in [1.165, 1.54) is 24.2 Å². The maximum Gasteiger partial charge on any atom is 0.303 e. The second-order valence-corrected chi connectivity index (χ2v) is 5.54. The van der Waals surface area contributed by atoms with E-state index in [2.05, 4.69) is 6.92 Å². The summed E-state index contributed by atoms with van der Waals surface area (Å²) in [7, 11) is 0. The number of hydrogen-bond acceptors (Lipinski definition) is 2. The summed E-state index contributed by atoms with van der Waals surface area (Å²) in [5, 5.41) is 0. The number of anilines is 1. The molecular formula is C15H19N2O2+. The van der Waals surface area contributed by atoms with Gasteiger partial charge in [0.25, 0.3) is 5.78 Å². The van der Waals surface area contributed by atoms with Crippen LogP contribution in [0.4, 0.5) is 5.69 Å². The molecule has 1 unspecified atom stereocenters. The Labute approximate surface area is 113 Å². The highest BCUT2D eigenvalue weighted by Crippen LogP contribution is 2.27. The first-order valence-corrected chi connectivity index (χ1v) is 6.98. The first kappa shape index (κ1) is 12.4. The summed E-state index contributed by atoms with van der Waals surface area (Å²) in [4.78, 5) is 27.1. The molecule has 2 atom stereocenters. The quantitative estimate of drug-likeness (QED) is 0.792. The number of nitrogens with one attached hydrogen (secondary N) is 1. The number of piperidine rings is 1. The summed E-state index contributed by atoms with van der Waals surface area (Å²) in [5.74, 6) is -0.730. The van der Waals surface area contributed by atoms with Crippen molar-refractivity contribution in [2.75, 3.05) is 18.1 Å². The summed E-state index contributed by atoms with van der Waals surface area (Å²) in [5.41, 5.74) is 1.33. The van der Waals surface area contributed by atoms with Crippen molar-refractivity contribution in [2.45, 2.75) is 32.2 Å². The Morgan fingerprint density at radius 2 is 2.05 bits per heavy atom. The molecule has 3 rings (SSSR count). The van der Waals surface area contributed by atoms with Crippen LogP contribution in [0.1, 0.15) is 36.5 Å². The van der Waals surface area contributed by atoms with Gasteiger partial charge in [-0.15, -0.1) is 0 Å². The second-order valence-electron chi connectivity index (χ2n) is 5.54. The molecule has 2 aliphatic heterocycles. The van der Waals surface area contributed by atoms with Crippen LogP contribution in [0.15, 0.2) is 24.3 Å². The Balaban J connectivity index is 1.85. The van der Waals surface area contributed by atoms with Crippen molar-refractivity contribution in [3.05, 3.63) is 29.8 Å². The van der Waals surface area contributed by atoms with Crippen LogP contribution in [-0.2, 0) is 4.79 Å². The molecule has 1 fully saturated rings. The number of rotatable bonds is 2. The number of carbonyl (C=O) groups is 2. The van der Waals surface area contributed by atoms with Crippen molar-refractivity contribution in [3.63, 3.8) is 0 Å². The molecule has 2 aliphatic rings. The smallest absolute Gasteiger partial charge is 0.303 e. The molecule has 0 spiro atoms. The van der Waals surface area contributed by atoms with Crippen molar-refractivity contribution in [1.29, 1.82) is 0 Å². The van der Waals surface area contributed by atoms with E-state index in [4.69, 9.17) is 0 Å². The van der Waals surface area contributed by atoms with E-state index in [0.29, 0.717) is 18.3 Å². The molecule has 0 aliphatic carbocycles. The Kier molecular flexibility index (Phi) is 3.11. The van der Waals surface area contributed by atoms with E-state index in [9.17, 15) is 9.59 Å². The lowest BCUT2D eigenvalue weighted by molar-refractivity contribution is -0.927. The molecule has 4 nitrogen and oxygen atoms in total. The number of likely N-dealkylation sites (tertiary alicyclic amines) is 1. The number of amides is 1. The van der Waals surface area contributed by atoms with Crippen LogP contribution < -0.4 is 9.80 Å². The lowest BCUT2D eigenvalue weighted by Crippen LogP contribution is -3.17. The fraction of sp³-hybridized carbons (Fsp3) is 0.467. The number of benzene rings is 1. The van der Waals surface area contributed by atoms with Crippen LogP contribution in [0.3, 0.4) is 0 Å². The summed E-state index contributed by atoms with van der Waals surface area (Å²) >= 11 is 0. The van der Waals surface area contributed by atoms with E-state index in [1.807, 2.05) is 18.2 Å². The standard InChI is InChI=1S/C15H18N2O2/c1-11-6-4-5-9-16(11)10-17-13-8-3-2-7-12(13)14(18)15(17)19/h2-3,7-8,11H,4-6,9-10H2,1H3/p+1/t11-/m0/s1. The number of quaternary nitrogens is 1. The highest BCUT2D eigenvalue weighted by molar-refractivity contribution is 6.52. The molecule has 1 saturated heterocycles. The van der Waals surface area contributed by atoms with Crippen molar-refractivity contribution in [1.82, 2.24) is 0 Å². The van der Waals surface area contributed by atoms with Gasteiger partial charge in [0.05, 0.1) is 23.8 Å². The molecule has 4 heteroatoms. The van der Waals surface area contributed by atoms with Crippen LogP contribution in [0.25, 0.3) is 0 Å². The Morgan fingerprint density at radius 1 is 1.26 bits per heavy atom. The van der Waals surface area contributed by atoms with Crippen LogP contribution in [0, 0.1) is 0 Å². The van der Waals surface area contributed by atoms with Crippen molar-refractivity contribution >= 4 is 17.4 Å². The minimum Gasteiger partial charge on any atom is -0.315 e. The first-order valence-electron chi connectivity index (χ1n) is 6.98. The van der Waals surface area contributed by atoms with E-state index in [-0.39, 0.29) is 11.7 Å². The summed E-state index contributed by atoms with van der Waals surface area (Å²) < 4.78 is 0. The van der Waals surface area contributed by atoms with Gasteiger partial charge in [-0.3, -0.25) is 14.5 Å². The highest BCUT2D eigenvalue weighted by Gasteiger charge is 2.38. The molecular weight excluding hydrogens is 240 g/mol. The zero-order valence-corrected chi connectivity index (χ0v) is 11.2. The van der Waals surface area contributed by atoms with Crippen molar-refractivity contribution < 1.29 is 14.5 Å². The number of fused-ring (bicyclic) bond motifs is 1. The fourth-order valence-electron chi connectivity index (χ4n) is 3.10. The summed E-state index contributed by atoms with van der Waals surface area (Å²) in [6, 6.07) is 7.86. The number of carbonyl (C=O) groups excluding carboxylic acids is 2. The molecule has 0 aromatic heterocycles. The zero-order chi connectivity index (χ0) is 13.4. The topological polar surface area (TPSA) is 41.8 Å². The molecule has 1 amide bonds. The highest BCUT2D eigenvalue weighted by atomic mass is 16.2. The van der Waals surface area contributed by atoms with Crippen LogP contribution in [0.5, 0.6) is 0 Å². The first-order chi connectivity index (χ1) is 9.18. The van der Waals surface area contributed by atoms with Gasteiger partial charge < -0.3 is 4.90 Å². The third-order valence-electron chi connectivity index (χ3n) is 4.32. The van der Waals surface area contributed by atoms with Gasteiger partial charge in [-0.05, 0) is 38.3 Å². The normalized spacial score (nSPS) is 26.7. The largest absolute Gasteiger partial charge is 0.315 e. The van der Waals surface area contributed by atoms with Gasteiger partial charge in [0, 0.05) is 0 Å². The van der Waals surface area contributed by atoms with Crippen molar-refractivity contribution in [2.24, 2.45) is 0 Å². The molecule has 100 valence electrons. The molecule has 2 heterocycles. The monoisotopic (exact) mass is 259 g/mol. The zero-order valence-electron chi connectivity index (χ0n) is 11.2. The number of hydrogen-bond donors (Lipinski definition) is 1. The minimum atomic E-state index is -0.369. The predicted molar refractivity (Wildman–Crippen MR) is 72.3 cm³/mol. The lowest BCUT2D eigenvalue weighted by Gasteiger charge is -2.32. The Morgan fingerprint density at radius 3 is 2.84 bits per heavy atom. The third-order valence-corrected chi connectivity index (χ3v) is 4.32. The fourth-order valence-corrected chi connectivity index (χ4v) is 3.10. The van der Waals surface area contributed by atoms with Gasteiger partial charge in [0.1, 0.15) is 0 Å². The maximum absolute atomic E-state index is 12.1. The van der Waals surface area contributed by atoms with E-state index in [0.717, 1.165) is 12.2 Å². The number of Topliss-reactive ketones (excluding diaryl/α,β-unsaturated/α-hetero) is 1. The molecule has 0 bridgehead atoms. The molecule has 0 saturated carbocycles. The van der Waals surface area contributed by atoms with Crippen molar-refractivity contribution in [3.8, 4) is 0 Å². The van der Waals surface area contributed by atoms with Gasteiger partial charge in [-0.1, -0.05) is 12.1 Å². The van der Waals surface area contributed by atoms with Gasteiger partial charge in [-0.25, -0.2) is 0 Å². The van der Waals surface area contributed by atoms with Gasteiger partial charge >= 0.3 is 5.91 Å². The summed E-state index contributed by atoms with van der Waals surface area (Å²) in [6.07, 6.45) is 3.68. The number of nitrogens with zero attached hydrogens (tertiary/aromatic N) is 1. The molecule has 1 N–H and O–H groups in total. The van der Waals surface area contributed by atoms with Gasteiger partial charge in [-0.2, -0.15) is 0 Å². The molecule has 19 heavy (non-hydrogen) atoms. The van der Waals surface area contributed by atoms with Gasteiger partial charge in [0.15, 0.2) is 6.67 Å². The number of ketones is 1. The van der Waals surface area contributed by atoms with Crippen LogP contribution >= 0.6 is 0 Å². The van der Waals surface area contributed by atoms with Crippen LogP contribution in [0.2, 0.25) is 0 Å². The van der Waals surface area contributed by atoms with E-state index in [1.54, 1.807) is 11.0 Å². The maximum atomic E-state index is 12.1. The average molecular weight is 259 g/mol. The lowest BCUT2D eigenvalue weighted by atomic mass is 10.0. The average Bonchev–Trinajstić information content (AvgIpc) is 2.67. The predicted octanol–water partition coefficient (Wildman–Crippen LogP) is 0.631. The van der Waals surface area contributed by atoms with Crippen LogP contribution in [-0.4, -0.2) is 30.9 Å². The molecule has 0 radical (unpaired) electrons.